The van der Waals surface area contributed by atoms with Gasteiger partial charge in [0.25, 0.3) is 0 Å². The van der Waals surface area contributed by atoms with Crippen molar-refractivity contribution < 1.29 is 9.90 Å². The Morgan fingerprint density at radius 3 is 2.29 bits per heavy atom. The molecule has 1 aromatic rings. The maximum atomic E-state index is 11.0. The summed E-state index contributed by atoms with van der Waals surface area (Å²) in [6, 6.07) is 11.1. The highest BCUT2D eigenvalue weighted by Gasteiger charge is 2.38. The third-order valence-electron chi connectivity index (χ3n) is 5.06. The van der Waals surface area contributed by atoms with Gasteiger partial charge in [-0.1, -0.05) is 58.0 Å². The number of aliphatic carboxylic acids is 1. The highest BCUT2D eigenvalue weighted by molar-refractivity contribution is 5.66. The monoisotopic (exact) mass is 331 g/mol. The summed E-state index contributed by atoms with van der Waals surface area (Å²) in [5, 5.41) is 12.9. The first kappa shape index (κ1) is 19.0. The van der Waals surface area contributed by atoms with Crippen molar-refractivity contribution in [3.05, 3.63) is 35.9 Å². The Balaban J connectivity index is 2.04. The molecule has 1 aliphatic carbocycles. The van der Waals surface area contributed by atoms with Crippen LogP contribution in [0.25, 0.3) is 0 Å². The Morgan fingerprint density at radius 1 is 1.17 bits per heavy atom. The fraction of sp³-hybridized carbons (Fsp3) is 0.667. The fourth-order valence-corrected chi connectivity index (χ4v) is 4.74. The van der Waals surface area contributed by atoms with Crippen molar-refractivity contribution in [1.82, 2.24) is 5.32 Å². The summed E-state index contributed by atoms with van der Waals surface area (Å²) in [6.07, 6.45) is 5.37. The topological polar surface area (TPSA) is 49.3 Å². The van der Waals surface area contributed by atoms with Crippen LogP contribution in [0.4, 0.5) is 0 Å². The second-order valence-electron chi connectivity index (χ2n) is 9.10. The molecule has 1 aliphatic rings. The summed E-state index contributed by atoms with van der Waals surface area (Å²) in [4.78, 5) is 11.0. The van der Waals surface area contributed by atoms with Crippen LogP contribution in [0.3, 0.4) is 0 Å². The minimum Gasteiger partial charge on any atom is -0.481 e. The number of hydrogen-bond acceptors (Lipinski definition) is 2. The Morgan fingerprint density at radius 2 is 1.75 bits per heavy atom. The summed E-state index contributed by atoms with van der Waals surface area (Å²) in [5.74, 6) is -0.709. The number of rotatable bonds is 7. The van der Waals surface area contributed by atoms with Gasteiger partial charge in [0.1, 0.15) is 0 Å². The predicted molar refractivity (Wildman–Crippen MR) is 99.1 cm³/mol. The number of nitrogens with one attached hydrogen (secondary N) is 1. The number of carboxylic acids is 1. The van der Waals surface area contributed by atoms with Gasteiger partial charge < -0.3 is 10.4 Å². The van der Waals surface area contributed by atoms with Gasteiger partial charge in [-0.05, 0) is 48.5 Å². The Bertz CT molecular complexity index is 520. The molecule has 0 heterocycles. The minimum absolute atomic E-state index is 0.221. The van der Waals surface area contributed by atoms with E-state index in [1.165, 1.54) is 12.0 Å². The molecular weight excluding hydrogens is 298 g/mol. The first-order chi connectivity index (χ1) is 11.2. The lowest BCUT2D eigenvalue weighted by atomic mass is 9.63. The summed E-state index contributed by atoms with van der Waals surface area (Å²) in [7, 11) is 0. The zero-order chi connectivity index (χ0) is 17.8. The molecule has 1 atom stereocenters. The molecule has 2 N–H and O–H groups in total. The molecule has 3 heteroatoms. The molecule has 3 nitrogen and oxygen atoms in total. The van der Waals surface area contributed by atoms with Crippen molar-refractivity contribution in [2.75, 3.05) is 0 Å². The van der Waals surface area contributed by atoms with Gasteiger partial charge in [0.05, 0.1) is 0 Å². The maximum absolute atomic E-state index is 11.0. The van der Waals surface area contributed by atoms with Crippen molar-refractivity contribution in [1.29, 1.82) is 0 Å². The molecule has 24 heavy (non-hydrogen) atoms. The van der Waals surface area contributed by atoms with E-state index in [1.54, 1.807) is 0 Å². The molecule has 0 amide bonds. The van der Waals surface area contributed by atoms with Crippen molar-refractivity contribution >= 4 is 5.97 Å². The summed E-state index contributed by atoms with van der Waals surface area (Å²) in [5.41, 5.74) is 1.95. The lowest BCUT2D eigenvalue weighted by Gasteiger charge is -2.46. The third-order valence-corrected chi connectivity index (χ3v) is 5.06. The molecule has 2 rings (SSSR count). The highest BCUT2D eigenvalue weighted by atomic mass is 16.4. The minimum atomic E-state index is -0.709. The Labute approximate surface area is 146 Å². The number of benzene rings is 1. The van der Waals surface area contributed by atoms with Gasteiger partial charge in [-0.25, -0.2) is 0 Å². The second kappa shape index (κ2) is 7.69. The zero-order valence-electron chi connectivity index (χ0n) is 15.6. The Hall–Kier alpha value is -1.35. The first-order valence-electron chi connectivity index (χ1n) is 9.17. The van der Waals surface area contributed by atoms with Crippen LogP contribution in [-0.2, 0) is 11.2 Å². The smallest absolute Gasteiger partial charge is 0.303 e. The number of hydrogen-bond donors (Lipinski definition) is 2. The zero-order valence-corrected chi connectivity index (χ0v) is 15.6. The molecular formula is C21H33NO2. The van der Waals surface area contributed by atoms with E-state index in [-0.39, 0.29) is 12.5 Å². The van der Waals surface area contributed by atoms with Gasteiger partial charge in [0, 0.05) is 18.5 Å². The summed E-state index contributed by atoms with van der Waals surface area (Å²) in [6.45, 7) is 9.41. The van der Waals surface area contributed by atoms with Crippen LogP contribution in [0.2, 0.25) is 0 Å². The van der Waals surface area contributed by atoms with E-state index >= 15 is 0 Å². The van der Waals surface area contributed by atoms with Gasteiger partial charge >= 0.3 is 5.97 Å². The van der Waals surface area contributed by atoms with E-state index in [0.717, 1.165) is 19.3 Å². The van der Waals surface area contributed by atoms with E-state index in [2.05, 4.69) is 57.3 Å². The average Bonchev–Trinajstić information content (AvgIpc) is 2.42. The van der Waals surface area contributed by atoms with Crippen molar-refractivity contribution in [2.24, 2.45) is 10.8 Å². The van der Waals surface area contributed by atoms with E-state index in [0.29, 0.717) is 23.3 Å². The van der Waals surface area contributed by atoms with Crippen molar-refractivity contribution in [2.45, 2.75) is 78.3 Å². The van der Waals surface area contributed by atoms with Crippen molar-refractivity contribution in [3.8, 4) is 0 Å². The maximum Gasteiger partial charge on any atom is 0.303 e. The molecule has 0 aromatic heterocycles. The van der Waals surface area contributed by atoms with Gasteiger partial charge in [-0.3, -0.25) is 4.79 Å². The number of carboxylic acid groups (broad SMARTS) is 1. The predicted octanol–water partition coefficient (Wildman–Crippen LogP) is 4.66. The molecule has 0 bridgehead atoms. The molecule has 1 aromatic carbocycles. The van der Waals surface area contributed by atoms with Gasteiger partial charge in [0.15, 0.2) is 0 Å². The van der Waals surface area contributed by atoms with Crippen LogP contribution in [0.5, 0.6) is 0 Å². The largest absolute Gasteiger partial charge is 0.481 e. The van der Waals surface area contributed by atoms with Gasteiger partial charge in [-0.2, -0.15) is 0 Å². The van der Waals surface area contributed by atoms with Crippen molar-refractivity contribution in [3.63, 3.8) is 0 Å². The lowest BCUT2D eigenvalue weighted by Crippen LogP contribution is -2.48. The fourth-order valence-electron chi connectivity index (χ4n) is 4.74. The van der Waals surface area contributed by atoms with Crippen LogP contribution >= 0.6 is 0 Å². The van der Waals surface area contributed by atoms with Gasteiger partial charge in [-0.15, -0.1) is 0 Å². The van der Waals surface area contributed by atoms with E-state index in [9.17, 15) is 4.79 Å². The molecule has 1 unspecified atom stereocenters. The van der Waals surface area contributed by atoms with Crippen LogP contribution in [0, 0.1) is 10.8 Å². The Kier molecular flexibility index (Phi) is 6.08. The SMILES string of the molecule is CC1(C)CC(NC(CCC(=O)O)Cc2ccccc2)CC(C)(C)C1. The quantitative estimate of drug-likeness (QED) is 0.764. The molecule has 0 spiro atoms. The van der Waals surface area contributed by atoms with Crippen LogP contribution in [-0.4, -0.2) is 23.2 Å². The van der Waals surface area contributed by atoms with Gasteiger partial charge in [0.2, 0.25) is 0 Å². The third kappa shape index (κ3) is 6.27. The average molecular weight is 332 g/mol. The molecule has 0 radical (unpaired) electrons. The summed E-state index contributed by atoms with van der Waals surface area (Å²) >= 11 is 0. The van der Waals surface area contributed by atoms with E-state index in [4.69, 9.17) is 5.11 Å². The molecule has 0 aliphatic heterocycles. The highest BCUT2D eigenvalue weighted by Crippen LogP contribution is 2.45. The van der Waals surface area contributed by atoms with Crippen LogP contribution in [0.1, 0.15) is 65.4 Å². The molecule has 134 valence electrons. The normalized spacial score (nSPS) is 21.3. The summed E-state index contributed by atoms with van der Waals surface area (Å²) < 4.78 is 0. The lowest BCUT2D eigenvalue weighted by molar-refractivity contribution is -0.137. The first-order valence-corrected chi connectivity index (χ1v) is 9.17. The molecule has 0 saturated heterocycles. The molecule has 1 fully saturated rings. The standard InChI is InChI=1S/C21H33NO2/c1-20(2)13-18(14-21(3,4)15-20)22-17(10-11-19(23)24)12-16-8-6-5-7-9-16/h5-9,17-18,22H,10-15H2,1-4H3,(H,23,24). The van der Waals surface area contributed by atoms with E-state index in [1.807, 2.05) is 6.07 Å². The van der Waals surface area contributed by atoms with Crippen LogP contribution in [0.15, 0.2) is 30.3 Å². The molecule has 1 saturated carbocycles. The van der Waals surface area contributed by atoms with Crippen LogP contribution < -0.4 is 5.32 Å². The van der Waals surface area contributed by atoms with E-state index < -0.39 is 5.97 Å². The number of carbonyl (C=O) groups is 1. The second-order valence-corrected chi connectivity index (χ2v) is 9.10.